The van der Waals surface area contributed by atoms with Crippen molar-refractivity contribution >= 4 is 35.5 Å². The SMILES string of the molecule is Cc1c(-n2ncc(C(=O)Nc3cnc(N4N=CCN4)c(C#N)c3)c2C(F)(F)F)ccnc1NC(=O)OC(C)(C)C. The van der Waals surface area contributed by atoms with Gasteiger partial charge in [0, 0.05) is 18.0 Å². The van der Waals surface area contributed by atoms with Gasteiger partial charge in [-0.1, -0.05) is 0 Å². The Balaban J connectivity index is 1.66. The number of rotatable bonds is 5. The standard InChI is InChI=1S/C24H23F3N10O3/c1-13-17(5-6-29-19(13)35-22(39)40-23(2,3)4)36-18(24(25,26)27)16(12-33-36)21(38)34-15-9-14(10-28)20(30-11-15)37-31-7-8-32-37/h5-7,9,11-12,32H,8H2,1-4H3,(H,34,38)(H,29,35,39). The fraction of sp³-hybridized carbons (Fsp3) is 0.292. The first-order valence-corrected chi connectivity index (χ1v) is 11.7. The number of carbonyl (C=O) groups excluding carboxylic acids is 2. The number of anilines is 3. The van der Waals surface area contributed by atoms with E-state index in [0.29, 0.717) is 11.2 Å². The maximum Gasteiger partial charge on any atom is 0.434 e. The van der Waals surface area contributed by atoms with Crippen molar-refractivity contribution in [1.29, 1.82) is 5.26 Å². The van der Waals surface area contributed by atoms with E-state index in [1.165, 1.54) is 36.6 Å². The van der Waals surface area contributed by atoms with Crippen LogP contribution in [-0.2, 0) is 10.9 Å². The molecule has 40 heavy (non-hydrogen) atoms. The molecule has 4 heterocycles. The van der Waals surface area contributed by atoms with Gasteiger partial charge in [0.2, 0.25) is 0 Å². The molecule has 0 saturated carbocycles. The van der Waals surface area contributed by atoms with E-state index < -0.39 is 35.0 Å². The van der Waals surface area contributed by atoms with E-state index in [1.807, 2.05) is 6.07 Å². The highest BCUT2D eigenvalue weighted by molar-refractivity contribution is 6.05. The van der Waals surface area contributed by atoms with E-state index >= 15 is 0 Å². The number of halogens is 3. The summed E-state index contributed by atoms with van der Waals surface area (Å²) >= 11 is 0. The largest absolute Gasteiger partial charge is 0.444 e. The average molecular weight is 557 g/mol. The number of hydrazine groups is 1. The lowest BCUT2D eigenvalue weighted by atomic mass is 10.2. The van der Waals surface area contributed by atoms with Gasteiger partial charge in [-0.25, -0.2) is 24.9 Å². The van der Waals surface area contributed by atoms with Crippen molar-refractivity contribution in [3.63, 3.8) is 0 Å². The maximum absolute atomic E-state index is 14.3. The van der Waals surface area contributed by atoms with Gasteiger partial charge in [0.25, 0.3) is 5.91 Å². The van der Waals surface area contributed by atoms with Crippen LogP contribution in [0.15, 0.2) is 35.8 Å². The summed E-state index contributed by atoms with van der Waals surface area (Å²) in [4.78, 5) is 33.3. The van der Waals surface area contributed by atoms with Crippen LogP contribution in [0.3, 0.4) is 0 Å². The Labute approximate surface area is 225 Å². The molecule has 0 atom stereocenters. The smallest absolute Gasteiger partial charge is 0.434 e. The lowest BCUT2D eigenvalue weighted by molar-refractivity contribution is -0.143. The number of aromatic nitrogens is 4. The second-order valence-electron chi connectivity index (χ2n) is 9.38. The first-order valence-electron chi connectivity index (χ1n) is 11.7. The Morgan fingerprint density at radius 2 is 1.93 bits per heavy atom. The van der Waals surface area contributed by atoms with E-state index in [0.717, 1.165) is 6.20 Å². The van der Waals surface area contributed by atoms with Crippen LogP contribution in [0.25, 0.3) is 5.69 Å². The van der Waals surface area contributed by atoms with Gasteiger partial charge in [-0.2, -0.15) is 33.8 Å². The number of nitriles is 1. The van der Waals surface area contributed by atoms with E-state index in [9.17, 15) is 28.0 Å². The van der Waals surface area contributed by atoms with Gasteiger partial charge >= 0.3 is 12.3 Å². The van der Waals surface area contributed by atoms with Crippen molar-refractivity contribution in [2.24, 2.45) is 5.10 Å². The molecule has 0 radical (unpaired) electrons. The van der Waals surface area contributed by atoms with Crippen LogP contribution in [0.2, 0.25) is 0 Å². The van der Waals surface area contributed by atoms with Crippen molar-refractivity contribution in [1.82, 2.24) is 25.2 Å². The molecule has 0 aromatic carbocycles. The van der Waals surface area contributed by atoms with E-state index in [4.69, 9.17) is 4.74 Å². The van der Waals surface area contributed by atoms with E-state index in [1.54, 1.807) is 27.0 Å². The molecular weight excluding hydrogens is 533 g/mol. The van der Waals surface area contributed by atoms with E-state index in [2.05, 4.69) is 36.2 Å². The topological polar surface area (TPSA) is 162 Å². The minimum atomic E-state index is -5.00. The number of pyridine rings is 2. The third-order valence-electron chi connectivity index (χ3n) is 5.28. The molecule has 2 amide bonds. The van der Waals surface area contributed by atoms with Gasteiger partial charge in [0.05, 0.1) is 35.9 Å². The molecule has 16 heteroatoms. The van der Waals surface area contributed by atoms with Gasteiger partial charge in [-0.05, 0) is 39.8 Å². The lowest BCUT2D eigenvalue weighted by Gasteiger charge is -2.20. The van der Waals surface area contributed by atoms with Crippen LogP contribution >= 0.6 is 0 Å². The van der Waals surface area contributed by atoms with Crippen LogP contribution in [0.5, 0.6) is 0 Å². The molecule has 0 unspecified atom stereocenters. The monoisotopic (exact) mass is 556 g/mol. The van der Waals surface area contributed by atoms with Crippen LogP contribution in [-0.4, -0.2) is 50.1 Å². The summed E-state index contributed by atoms with van der Waals surface area (Å²) in [5.41, 5.74) is -0.0356. The van der Waals surface area contributed by atoms with Crippen molar-refractivity contribution in [3.05, 3.63) is 53.1 Å². The molecule has 0 aliphatic carbocycles. The number of hydrazone groups is 1. The summed E-state index contributed by atoms with van der Waals surface area (Å²) in [5, 5.41) is 23.3. The summed E-state index contributed by atoms with van der Waals surface area (Å²) in [6.07, 6.45) is -1.16. The van der Waals surface area contributed by atoms with Gasteiger partial charge in [0.15, 0.2) is 11.5 Å². The summed E-state index contributed by atoms with van der Waals surface area (Å²) in [6.45, 7) is 6.82. The first-order chi connectivity index (χ1) is 18.8. The molecule has 208 valence electrons. The van der Waals surface area contributed by atoms with Gasteiger partial charge in [0.1, 0.15) is 23.1 Å². The molecule has 0 saturated heterocycles. The van der Waals surface area contributed by atoms with Crippen LogP contribution in [0.4, 0.5) is 35.3 Å². The molecule has 3 N–H and O–H groups in total. The molecule has 0 spiro atoms. The number of hydrogen-bond donors (Lipinski definition) is 3. The second kappa shape index (κ2) is 10.6. The average Bonchev–Trinajstić information content (AvgIpc) is 3.54. The summed E-state index contributed by atoms with van der Waals surface area (Å²) in [6, 6.07) is 4.43. The zero-order valence-electron chi connectivity index (χ0n) is 21.7. The number of carbonyl (C=O) groups is 2. The highest BCUT2D eigenvalue weighted by Gasteiger charge is 2.41. The molecule has 4 rings (SSSR count). The summed E-state index contributed by atoms with van der Waals surface area (Å²) < 4.78 is 48.5. The molecule has 13 nitrogen and oxygen atoms in total. The minimum Gasteiger partial charge on any atom is -0.444 e. The summed E-state index contributed by atoms with van der Waals surface area (Å²) in [7, 11) is 0. The van der Waals surface area contributed by atoms with Crippen molar-refractivity contribution in [3.8, 4) is 11.8 Å². The Morgan fingerprint density at radius 1 is 1.18 bits per heavy atom. The zero-order chi connectivity index (χ0) is 29.2. The lowest BCUT2D eigenvalue weighted by Crippen LogP contribution is -2.29. The predicted octanol–water partition coefficient (Wildman–Crippen LogP) is 3.77. The highest BCUT2D eigenvalue weighted by atomic mass is 19.4. The minimum absolute atomic E-state index is 0.0155. The molecule has 3 aromatic heterocycles. The van der Waals surface area contributed by atoms with Gasteiger partial charge in [-0.3, -0.25) is 10.1 Å². The highest BCUT2D eigenvalue weighted by Crippen LogP contribution is 2.35. The normalized spacial score (nSPS) is 13.2. The molecule has 0 bridgehead atoms. The van der Waals surface area contributed by atoms with Crippen LogP contribution in [0, 0.1) is 18.3 Å². The number of nitrogens with zero attached hydrogens (tertiary/aromatic N) is 7. The van der Waals surface area contributed by atoms with Crippen molar-refractivity contribution in [2.75, 3.05) is 22.3 Å². The Hall–Kier alpha value is -5.04. The predicted molar refractivity (Wildman–Crippen MR) is 137 cm³/mol. The second-order valence-corrected chi connectivity index (χ2v) is 9.38. The number of ether oxygens (including phenoxy) is 1. The number of alkyl halides is 3. The third kappa shape index (κ3) is 5.99. The zero-order valence-corrected chi connectivity index (χ0v) is 21.7. The quantitative estimate of drug-likeness (QED) is 0.425. The van der Waals surface area contributed by atoms with Crippen LogP contribution in [0.1, 0.15) is 48.0 Å². The van der Waals surface area contributed by atoms with Gasteiger partial charge < -0.3 is 10.1 Å². The van der Waals surface area contributed by atoms with Crippen molar-refractivity contribution in [2.45, 2.75) is 39.5 Å². The molecule has 1 aliphatic rings. The Bertz CT molecular complexity index is 1540. The Morgan fingerprint density at radius 3 is 2.55 bits per heavy atom. The fourth-order valence-electron chi connectivity index (χ4n) is 3.65. The summed E-state index contributed by atoms with van der Waals surface area (Å²) in [5.74, 6) is -1.02. The fourth-order valence-corrected chi connectivity index (χ4v) is 3.65. The molecular formula is C24H23F3N10O3. The maximum atomic E-state index is 14.3. The number of hydrogen-bond acceptors (Lipinski definition) is 10. The number of nitrogens with one attached hydrogen (secondary N) is 3. The molecule has 0 fully saturated rings. The third-order valence-corrected chi connectivity index (χ3v) is 5.28. The van der Waals surface area contributed by atoms with Crippen molar-refractivity contribution < 1.29 is 27.5 Å². The van der Waals surface area contributed by atoms with E-state index in [-0.39, 0.29) is 34.1 Å². The molecule has 3 aromatic rings. The van der Waals surface area contributed by atoms with Crippen LogP contribution < -0.4 is 21.2 Å². The molecule has 1 aliphatic heterocycles. The Kier molecular flexibility index (Phi) is 7.42. The first kappa shape index (κ1) is 28.0. The number of amides is 2. The van der Waals surface area contributed by atoms with Gasteiger partial charge in [-0.15, -0.1) is 0 Å².